The van der Waals surface area contributed by atoms with Crippen LogP contribution in [0.4, 0.5) is 0 Å². The molecule has 2 rings (SSSR count). The average Bonchev–Trinajstić information content (AvgIpc) is 2.40. The molecule has 3 nitrogen and oxygen atoms in total. The average molecular weight is 340 g/mol. The Kier molecular flexibility index (Phi) is 5.61. The van der Waals surface area contributed by atoms with Gasteiger partial charge in [-0.25, -0.2) is 0 Å². The fraction of sp³-hybridized carbons (Fsp3) is 0.562. The molecule has 0 unspecified atom stereocenters. The Bertz CT molecular complexity index is 472. The van der Waals surface area contributed by atoms with Gasteiger partial charge in [0.2, 0.25) is 0 Å². The fourth-order valence-corrected chi connectivity index (χ4v) is 3.02. The van der Waals surface area contributed by atoms with E-state index in [1.807, 2.05) is 18.2 Å². The molecule has 0 aliphatic heterocycles. The summed E-state index contributed by atoms with van der Waals surface area (Å²) in [4.78, 5) is 14.6. The number of hydrogen-bond donors (Lipinski definition) is 0. The highest BCUT2D eigenvalue weighted by molar-refractivity contribution is 9.10. The number of nitrogens with zero attached hydrogens (tertiary/aromatic N) is 1. The van der Waals surface area contributed by atoms with Gasteiger partial charge < -0.3 is 4.74 Å². The number of carbonyl (C=O) groups is 1. The van der Waals surface area contributed by atoms with Crippen molar-refractivity contribution in [3.05, 3.63) is 28.2 Å². The minimum atomic E-state index is 0.175. The van der Waals surface area contributed by atoms with Crippen LogP contribution in [0.2, 0.25) is 0 Å². The van der Waals surface area contributed by atoms with E-state index < -0.39 is 0 Å². The number of rotatable bonds is 7. The Morgan fingerprint density at radius 3 is 2.70 bits per heavy atom. The minimum absolute atomic E-state index is 0.175. The summed E-state index contributed by atoms with van der Waals surface area (Å²) in [6.45, 7) is 4.61. The molecule has 20 heavy (non-hydrogen) atoms. The molecule has 0 atom stereocenters. The molecule has 1 aliphatic rings. The van der Waals surface area contributed by atoms with Crippen LogP contribution in [-0.4, -0.2) is 37.4 Å². The first-order valence-corrected chi connectivity index (χ1v) is 8.02. The molecule has 0 spiro atoms. The smallest absolute Gasteiger partial charge is 0.176 e. The molecular weight excluding hydrogens is 318 g/mol. The summed E-state index contributed by atoms with van der Waals surface area (Å²) in [5, 5.41) is 0. The number of benzene rings is 1. The number of Topliss-reactive ketones (excluding diaryl/α,β-unsaturated/α-hetero) is 1. The van der Waals surface area contributed by atoms with Gasteiger partial charge in [0.15, 0.2) is 5.78 Å². The van der Waals surface area contributed by atoms with Gasteiger partial charge in [0.25, 0.3) is 0 Å². The topological polar surface area (TPSA) is 29.5 Å². The Balaban J connectivity index is 1.97. The predicted octanol–water partition coefficient (Wildman–Crippen LogP) is 3.76. The van der Waals surface area contributed by atoms with Crippen LogP contribution in [-0.2, 0) is 0 Å². The Hall–Kier alpha value is -0.870. The molecule has 1 aromatic rings. The molecule has 0 amide bonds. The summed E-state index contributed by atoms with van der Waals surface area (Å²) >= 11 is 3.43. The summed E-state index contributed by atoms with van der Waals surface area (Å²) in [6, 6.07) is 5.51. The van der Waals surface area contributed by atoms with Gasteiger partial charge in [-0.2, -0.15) is 0 Å². The molecule has 0 bridgehead atoms. The third-order valence-corrected chi connectivity index (χ3v) is 4.65. The normalized spacial score (nSPS) is 15.2. The maximum atomic E-state index is 12.4. The van der Waals surface area contributed by atoms with Gasteiger partial charge in [-0.15, -0.1) is 0 Å². The van der Waals surface area contributed by atoms with Gasteiger partial charge in [0.05, 0.1) is 18.1 Å². The van der Waals surface area contributed by atoms with Crippen LogP contribution < -0.4 is 4.74 Å². The molecule has 1 saturated carbocycles. The molecule has 1 aliphatic carbocycles. The third-order valence-electron chi connectivity index (χ3n) is 4.03. The first-order valence-electron chi connectivity index (χ1n) is 7.23. The van der Waals surface area contributed by atoms with E-state index in [9.17, 15) is 4.79 Å². The lowest BCUT2D eigenvalue weighted by atomic mass is 9.85. The van der Waals surface area contributed by atoms with Crippen LogP contribution in [0.25, 0.3) is 0 Å². The molecule has 1 fully saturated rings. The number of methoxy groups -OCH3 is 1. The van der Waals surface area contributed by atoms with Crippen molar-refractivity contribution in [1.29, 1.82) is 0 Å². The lowest BCUT2D eigenvalue weighted by Gasteiger charge is -2.31. The van der Waals surface area contributed by atoms with Gasteiger partial charge in [0.1, 0.15) is 5.75 Å². The zero-order chi connectivity index (χ0) is 14.5. The Morgan fingerprint density at radius 2 is 2.20 bits per heavy atom. The second kappa shape index (κ2) is 7.23. The molecular formula is C16H22BrNO2. The second-order valence-corrected chi connectivity index (χ2v) is 6.25. The quantitative estimate of drug-likeness (QED) is 0.708. The van der Waals surface area contributed by atoms with Crippen molar-refractivity contribution in [2.45, 2.75) is 26.2 Å². The lowest BCUT2D eigenvalue weighted by Crippen LogP contribution is -2.36. The van der Waals surface area contributed by atoms with Crippen LogP contribution in [0.1, 0.15) is 36.5 Å². The van der Waals surface area contributed by atoms with Gasteiger partial charge in [0, 0.05) is 12.1 Å². The molecule has 0 N–H and O–H groups in total. The van der Waals surface area contributed by atoms with E-state index in [0.717, 1.165) is 34.8 Å². The van der Waals surface area contributed by atoms with E-state index in [4.69, 9.17) is 4.74 Å². The largest absolute Gasteiger partial charge is 0.496 e. The van der Waals surface area contributed by atoms with Crippen LogP contribution in [0.15, 0.2) is 22.7 Å². The monoisotopic (exact) mass is 339 g/mol. The SMILES string of the molecule is CCN(CC(=O)c1ccc(OC)c(Br)c1)CC1CCC1. The van der Waals surface area contributed by atoms with Crippen molar-refractivity contribution < 1.29 is 9.53 Å². The maximum absolute atomic E-state index is 12.4. The van der Waals surface area contributed by atoms with Crippen LogP contribution in [0.3, 0.4) is 0 Å². The molecule has 0 aromatic heterocycles. The van der Waals surface area contributed by atoms with Crippen molar-refractivity contribution in [2.24, 2.45) is 5.92 Å². The van der Waals surface area contributed by atoms with E-state index in [2.05, 4.69) is 27.8 Å². The van der Waals surface area contributed by atoms with E-state index in [1.165, 1.54) is 19.3 Å². The van der Waals surface area contributed by atoms with Gasteiger partial charge in [-0.05, 0) is 59.4 Å². The minimum Gasteiger partial charge on any atom is -0.496 e. The molecule has 1 aromatic carbocycles. The lowest BCUT2D eigenvalue weighted by molar-refractivity contribution is 0.0905. The summed E-state index contributed by atoms with van der Waals surface area (Å²) < 4.78 is 6.01. The van der Waals surface area contributed by atoms with Crippen molar-refractivity contribution in [2.75, 3.05) is 26.7 Å². The van der Waals surface area contributed by atoms with Crippen molar-refractivity contribution in [3.8, 4) is 5.75 Å². The summed E-state index contributed by atoms with van der Waals surface area (Å²) in [6.07, 6.45) is 3.99. The molecule has 110 valence electrons. The number of ether oxygens (including phenoxy) is 1. The summed E-state index contributed by atoms with van der Waals surface area (Å²) in [5.74, 6) is 1.73. The number of ketones is 1. The highest BCUT2D eigenvalue weighted by Gasteiger charge is 2.21. The van der Waals surface area contributed by atoms with Crippen LogP contribution in [0, 0.1) is 5.92 Å². The highest BCUT2D eigenvalue weighted by atomic mass is 79.9. The third kappa shape index (κ3) is 3.83. The highest BCUT2D eigenvalue weighted by Crippen LogP contribution is 2.28. The predicted molar refractivity (Wildman–Crippen MR) is 84.5 cm³/mol. The first kappa shape index (κ1) is 15.5. The Labute approximate surface area is 129 Å². The van der Waals surface area contributed by atoms with Gasteiger partial charge in [-0.3, -0.25) is 9.69 Å². The van der Waals surface area contributed by atoms with E-state index in [0.29, 0.717) is 6.54 Å². The standard InChI is InChI=1S/C16H22BrNO2/c1-3-18(10-12-5-4-6-12)11-15(19)13-7-8-16(20-2)14(17)9-13/h7-9,12H,3-6,10-11H2,1-2H3. The zero-order valence-electron chi connectivity index (χ0n) is 12.2. The van der Waals surface area contributed by atoms with Gasteiger partial charge >= 0.3 is 0 Å². The fourth-order valence-electron chi connectivity index (χ4n) is 2.48. The van der Waals surface area contributed by atoms with Crippen LogP contribution in [0.5, 0.6) is 5.75 Å². The van der Waals surface area contributed by atoms with E-state index in [-0.39, 0.29) is 5.78 Å². The number of likely N-dealkylation sites (N-methyl/N-ethyl adjacent to an activating group) is 1. The molecule has 0 saturated heterocycles. The zero-order valence-corrected chi connectivity index (χ0v) is 13.8. The van der Waals surface area contributed by atoms with Crippen molar-refractivity contribution in [1.82, 2.24) is 4.90 Å². The molecule has 0 radical (unpaired) electrons. The maximum Gasteiger partial charge on any atom is 0.176 e. The van der Waals surface area contributed by atoms with Crippen molar-refractivity contribution in [3.63, 3.8) is 0 Å². The Morgan fingerprint density at radius 1 is 1.45 bits per heavy atom. The molecule has 4 heteroatoms. The number of carbonyl (C=O) groups excluding carboxylic acids is 1. The molecule has 0 heterocycles. The number of halogens is 1. The van der Waals surface area contributed by atoms with Crippen LogP contribution >= 0.6 is 15.9 Å². The summed E-state index contributed by atoms with van der Waals surface area (Å²) in [5.41, 5.74) is 0.740. The number of hydrogen-bond acceptors (Lipinski definition) is 3. The second-order valence-electron chi connectivity index (χ2n) is 5.40. The summed E-state index contributed by atoms with van der Waals surface area (Å²) in [7, 11) is 1.62. The van der Waals surface area contributed by atoms with E-state index >= 15 is 0 Å². The first-order chi connectivity index (χ1) is 9.63. The van der Waals surface area contributed by atoms with E-state index in [1.54, 1.807) is 7.11 Å². The van der Waals surface area contributed by atoms with Crippen molar-refractivity contribution >= 4 is 21.7 Å². The van der Waals surface area contributed by atoms with Gasteiger partial charge in [-0.1, -0.05) is 13.3 Å².